The van der Waals surface area contributed by atoms with Crippen molar-refractivity contribution < 1.29 is 0 Å². The molecule has 1 radical (unpaired) electrons. The first-order chi connectivity index (χ1) is 5.90. The van der Waals surface area contributed by atoms with Crippen LogP contribution in [0.2, 0.25) is 0 Å². The summed E-state index contributed by atoms with van der Waals surface area (Å²) in [6.45, 7) is 2.18. The van der Waals surface area contributed by atoms with E-state index in [9.17, 15) is 0 Å². The van der Waals surface area contributed by atoms with Gasteiger partial charge in [0.25, 0.3) is 0 Å². The summed E-state index contributed by atoms with van der Waals surface area (Å²) in [4.78, 5) is 4.50. The molecule has 1 aromatic heterocycles. The second kappa shape index (κ2) is 3.23. The van der Waals surface area contributed by atoms with Gasteiger partial charge in [-0.2, -0.15) is 0 Å². The Bertz CT molecular complexity index is 345. The van der Waals surface area contributed by atoms with E-state index in [1.54, 1.807) is 11.3 Å². The van der Waals surface area contributed by atoms with E-state index < -0.39 is 0 Å². The van der Waals surface area contributed by atoms with Gasteiger partial charge in [0, 0.05) is 0 Å². The molecule has 0 atom stereocenters. The highest BCUT2D eigenvalue weighted by Gasteiger charge is 2.00. The molecule has 0 aliphatic carbocycles. The smallest absolute Gasteiger partial charge is 0.0938 e. The highest BCUT2D eigenvalue weighted by Crippen LogP contribution is 2.21. The monoisotopic (exact) mass is 176 g/mol. The lowest BCUT2D eigenvalue weighted by atomic mass is 10.3. The number of thiazole rings is 1. The van der Waals surface area contributed by atoms with Crippen molar-refractivity contribution in [3.63, 3.8) is 0 Å². The third kappa shape index (κ3) is 1.34. The maximum atomic E-state index is 4.50. The lowest BCUT2D eigenvalue weighted by Crippen LogP contribution is -1.78. The van der Waals surface area contributed by atoms with Crippen LogP contribution in [-0.4, -0.2) is 4.98 Å². The molecule has 0 fully saturated rings. The van der Waals surface area contributed by atoms with Crippen LogP contribution < -0.4 is 0 Å². The molecule has 0 bridgehead atoms. The number of rotatable bonds is 2. The van der Waals surface area contributed by atoms with Crippen molar-refractivity contribution in [3.05, 3.63) is 29.3 Å². The van der Waals surface area contributed by atoms with E-state index in [1.807, 2.05) is 18.2 Å². The zero-order valence-corrected chi connectivity index (χ0v) is 7.82. The van der Waals surface area contributed by atoms with Crippen LogP contribution in [0.3, 0.4) is 0 Å². The highest BCUT2D eigenvalue weighted by molar-refractivity contribution is 7.18. The Hall–Kier alpha value is -0.890. The van der Waals surface area contributed by atoms with Crippen LogP contribution in [0.25, 0.3) is 10.2 Å². The lowest BCUT2D eigenvalue weighted by molar-refractivity contribution is 0.913. The van der Waals surface area contributed by atoms with E-state index in [0.29, 0.717) is 0 Å². The molecule has 0 aliphatic rings. The topological polar surface area (TPSA) is 12.9 Å². The van der Waals surface area contributed by atoms with E-state index in [2.05, 4.69) is 18.0 Å². The molecule has 2 rings (SSSR count). The number of benzene rings is 1. The first-order valence-corrected chi connectivity index (χ1v) is 4.97. The maximum Gasteiger partial charge on any atom is 0.0938 e. The summed E-state index contributed by atoms with van der Waals surface area (Å²) in [6, 6.07) is 9.00. The predicted molar refractivity (Wildman–Crippen MR) is 52.5 cm³/mol. The van der Waals surface area contributed by atoms with Gasteiger partial charge in [0.05, 0.1) is 15.2 Å². The molecule has 0 aliphatic heterocycles. The number of nitrogens with zero attached hydrogens (tertiary/aromatic N) is 1. The van der Waals surface area contributed by atoms with Crippen molar-refractivity contribution >= 4 is 21.6 Å². The summed E-state index contributed by atoms with van der Waals surface area (Å²) in [5.41, 5.74) is 1.11. The predicted octanol–water partition coefficient (Wildman–Crippen LogP) is 3.05. The van der Waals surface area contributed by atoms with E-state index in [-0.39, 0.29) is 0 Å². The van der Waals surface area contributed by atoms with Crippen molar-refractivity contribution in [1.82, 2.24) is 4.98 Å². The normalized spacial score (nSPS) is 10.8. The number of hydrogen-bond donors (Lipinski definition) is 0. The van der Waals surface area contributed by atoms with Gasteiger partial charge >= 0.3 is 0 Å². The molecule has 61 valence electrons. The average Bonchev–Trinajstić information content (AvgIpc) is 2.47. The van der Waals surface area contributed by atoms with Gasteiger partial charge in [0.15, 0.2) is 0 Å². The third-order valence-corrected chi connectivity index (χ3v) is 2.82. The summed E-state index contributed by atoms with van der Waals surface area (Å²) < 4.78 is 1.25. The van der Waals surface area contributed by atoms with E-state index in [4.69, 9.17) is 0 Å². The Morgan fingerprint density at radius 2 is 2.50 bits per heavy atom. The van der Waals surface area contributed by atoms with Gasteiger partial charge in [-0.15, -0.1) is 11.3 Å². The molecule has 2 heteroatoms. The van der Waals surface area contributed by atoms with Crippen LogP contribution in [-0.2, 0) is 6.42 Å². The molecule has 0 unspecified atom stereocenters. The molecule has 0 N–H and O–H groups in total. The number of fused-ring (bicyclic) bond motifs is 1. The van der Waals surface area contributed by atoms with E-state index >= 15 is 0 Å². The molecule has 2 aromatic rings. The first kappa shape index (κ1) is 7.74. The Morgan fingerprint density at radius 1 is 1.58 bits per heavy atom. The van der Waals surface area contributed by atoms with Crippen LogP contribution in [0.5, 0.6) is 0 Å². The lowest BCUT2D eigenvalue weighted by Gasteiger charge is -1.85. The minimum absolute atomic E-state index is 1.10. The fraction of sp³-hybridized carbons (Fsp3) is 0.300. The zero-order chi connectivity index (χ0) is 8.39. The van der Waals surface area contributed by atoms with Crippen LogP contribution >= 0.6 is 11.3 Å². The number of hydrogen-bond acceptors (Lipinski definition) is 2. The standard InChI is InChI=1S/C10H10NS/c1-2-5-10-11-8-6-3-4-7-9(8)12-10/h3,6-7H,2,5H2,1H3. The van der Waals surface area contributed by atoms with Crippen molar-refractivity contribution in [1.29, 1.82) is 0 Å². The molecule has 0 saturated carbocycles. The van der Waals surface area contributed by atoms with Gasteiger partial charge in [0.2, 0.25) is 0 Å². The zero-order valence-electron chi connectivity index (χ0n) is 7.00. The SMILES string of the molecule is CCCc1nc2cc[c]cc2s1. The quantitative estimate of drug-likeness (QED) is 0.685. The second-order valence-electron chi connectivity index (χ2n) is 2.75. The maximum absolute atomic E-state index is 4.50. The molecular formula is C10H10NS. The molecule has 0 saturated heterocycles. The van der Waals surface area contributed by atoms with Gasteiger partial charge in [-0.1, -0.05) is 13.0 Å². The Labute approximate surface area is 76.1 Å². The van der Waals surface area contributed by atoms with Crippen molar-refractivity contribution in [2.75, 3.05) is 0 Å². The number of aryl methyl sites for hydroxylation is 1. The van der Waals surface area contributed by atoms with Crippen LogP contribution in [0.15, 0.2) is 18.2 Å². The van der Waals surface area contributed by atoms with Crippen molar-refractivity contribution in [3.8, 4) is 0 Å². The average molecular weight is 176 g/mol. The fourth-order valence-electron chi connectivity index (χ4n) is 1.19. The number of aromatic nitrogens is 1. The first-order valence-electron chi connectivity index (χ1n) is 4.15. The summed E-state index contributed by atoms with van der Waals surface area (Å²) in [5.74, 6) is 0. The second-order valence-corrected chi connectivity index (χ2v) is 3.87. The van der Waals surface area contributed by atoms with Crippen molar-refractivity contribution in [2.45, 2.75) is 19.8 Å². The molecular weight excluding hydrogens is 166 g/mol. The van der Waals surface area contributed by atoms with Gasteiger partial charge in [-0.3, -0.25) is 0 Å². The summed E-state index contributed by atoms with van der Waals surface area (Å²) in [6.07, 6.45) is 2.27. The Morgan fingerprint density at radius 3 is 3.25 bits per heavy atom. The molecule has 0 spiro atoms. The summed E-state index contributed by atoms with van der Waals surface area (Å²) >= 11 is 1.78. The molecule has 1 nitrogen and oxygen atoms in total. The Kier molecular flexibility index (Phi) is 2.09. The van der Waals surface area contributed by atoms with Gasteiger partial charge in [-0.05, 0) is 31.0 Å². The minimum atomic E-state index is 1.10. The van der Waals surface area contributed by atoms with Gasteiger partial charge in [-0.25, -0.2) is 4.98 Å². The Balaban J connectivity index is 2.47. The fourth-order valence-corrected chi connectivity index (χ4v) is 2.24. The van der Waals surface area contributed by atoms with E-state index in [0.717, 1.165) is 11.9 Å². The summed E-state index contributed by atoms with van der Waals surface area (Å²) in [5, 5.41) is 1.24. The van der Waals surface area contributed by atoms with Crippen LogP contribution in [0.4, 0.5) is 0 Å². The third-order valence-electron chi connectivity index (χ3n) is 1.74. The van der Waals surface area contributed by atoms with Gasteiger partial charge < -0.3 is 0 Å². The highest BCUT2D eigenvalue weighted by atomic mass is 32.1. The summed E-state index contributed by atoms with van der Waals surface area (Å²) in [7, 11) is 0. The van der Waals surface area contributed by atoms with Crippen LogP contribution in [0.1, 0.15) is 18.4 Å². The molecule has 12 heavy (non-hydrogen) atoms. The van der Waals surface area contributed by atoms with Crippen molar-refractivity contribution in [2.24, 2.45) is 0 Å². The van der Waals surface area contributed by atoms with E-state index in [1.165, 1.54) is 16.1 Å². The molecule has 0 amide bonds. The largest absolute Gasteiger partial charge is 0.241 e. The van der Waals surface area contributed by atoms with Crippen LogP contribution in [0, 0.1) is 6.07 Å². The minimum Gasteiger partial charge on any atom is -0.241 e. The molecule has 1 aromatic carbocycles. The van der Waals surface area contributed by atoms with Gasteiger partial charge in [0.1, 0.15) is 0 Å². The molecule has 1 heterocycles.